The molecule has 0 saturated carbocycles. The standard InChI is InChI=1S/C18H21N3O6S/c1-12-5-7-16(13(2)9-12)20(28(4,25)26)11-18(22)19-15-10-14(21(23)24)6-8-17(15)27-3/h5-10H,11H2,1-4H3,(H,19,22). The summed E-state index contributed by atoms with van der Waals surface area (Å²) in [4.78, 5) is 22.9. The molecule has 0 fully saturated rings. The Morgan fingerprint density at radius 1 is 1.21 bits per heavy atom. The molecule has 0 aromatic heterocycles. The number of aryl methyl sites for hydroxylation is 2. The molecule has 0 heterocycles. The molecule has 0 aliphatic carbocycles. The van der Waals surface area contributed by atoms with E-state index in [0.717, 1.165) is 22.2 Å². The average Bonchev–Trinajstić information content (AvgIpc) is 2.59. The molecule has 0 radical (unpaired) electrons. The van der Waals surface area contributed by atoms with Crippen molar-refractivity contribution >= 4 is 33.0 Å². The number of methoxy groups -OCH3 is 1. The molecule has 0 spiro atoms. The zero-order chi connectivity index (χ0) is 21.1. The van der Waals surface area contributed by atoms with Gasteiger partial charge in [0.05, 0.1) is 29.7 Å². The third-order valence-corrected chi connectivity index (χ3v) is 5.10. The van der Waals surface area contributed by atoms with Crippen molar-refractivity contribution < 1.29 is 22.9 Å². The number of nitrogens with one attached hydrogen (secondary N) is 1. The zero-order valence-electron chi connectivity index (χ0n) is 15.9. The van der Waals surface area contributed by atoms with Gasteiger partial charge in [-0.15, -0.1) is 0 Å². The Morgan fingerprint density at radius 3 is 2.43 bits per heavy atom. The fraction of sp³-hybridized carbons (Fsp3) is 0.278. The van der Waals surface area contributed by atoms with E-state index < -0.39 is 27.4 Å². The van der Waals surface area contributed by atoms with Gasteiger partial charge in [0, 0.05) is 12.1 Å². The van der Waals surface area contributed by atoms with E-state index in [0.29, 0.717) is 11.3 Å². The van der Waals surface area contributed by atoms with Crippen LogP contribution in [0.1, 0.15) is 11.1 Å². The molecule has 150 valence electrons. The van der Waals surface area contributed by atoms with Crippen molar-refractivity contribution in [3.05, 3.63) is 57.6 Å². The van der Waals surface area contributed by atoms with E-state index in [1.54, 1.807) is 19.1 Å². The lowest BCUT2D eigenvalue weighted by molar-refractivity contribution is -0.384. The third-order valence-electron chi connectivity index (χ3n) is 3.98. The molecule has 0 atom stereocenters. The van der Waals surface area contributed by atoms with Crippen molar-refractivity contribution in [2.75, 3.05) is 29.5 Å². The van der Waals surface area contributed by atoms with Gasteiger partial charge in [-0.2, -0.15) is 0 Å². The lowest BCUT2D eigenvalue weighted by Crippen LogP contribution is -2.38. The number of nitro groups is 1. The lowest BCUT2D eigenvalue weighted by Gasteiger charge is -2.24. The molecule has 1 amide bonds. The van der Waals surface area contributed by atoms with E-state index >= 15 is 0 Å². The average molecular weight is 407 g/mol. The SMILES string of the molecule is COc1ccc([N+](=O)[O-])cc1NC(=O)CN(c1ccc(C)cc1C)S(C)(=O)=O. The number of hydrogen-bond donors (Lipinski definition) is 1. The number of hydrogen-bond acceptors (Lipinski definition) is 6. The van der Waals surface area contributed by atoms with Crippen LogP contribution < -0.4 is 14.4 Å². The molecule has 0 saturated heterocycles. The van der Waals surface area contributed by atoms with Crippen LogP contribution in [0, 0.1) is 24.0 Å². The van der Waals surface area contributed by atoms with Gasteiger partial charge < -0.3 is 10.1 Å². The summed E-state index contributed by atoms with van der Waals surface area (Å²) < 4.78 is 30.6. The quantitative estimate of drug-likeness (QED) is 0.557. The molecule has 2 aromatic rings. The van der Waals surface area contributed by atoms with Crippen molar-refractivity contribution in [3.63, 3.8) is 0 Å². The van der Waals surface area contributed by atoms with Gasteiger partial charge in [-0.25, -0.2) is 8.42 Å². The van der Waals surface area contributed by atoms with Crippen LogP contribution in [0.3, 0.4) is 0 Å². The predicted molar refractivity (Wildman–Crippen MR) is 106 cm³/mol. The van der Waals surface area contributed by atoms with E-state index in [1.807, 2.05) is 13.0 Å². The van der Waals surface area contributed by atoms with Crippen molar-refractivity contribution in [2.24, 2.45) is 0 Å². The van der Waals surface area contributed by atoms with Gasteiger partial charge in [0.1, 0.15) is 12.3 Å². The molecule has 10 heteroatoms. The van der Waals surface area contributed by atoms with Gasteiger partial charge in [0.15, 0.2) is 0 Å². The van der Waals surface area contributed by atoms with Gasteiger partial charge in [0.2, 0.25) is 15.9 Å². The Labute approximate surface area is 163 Å². The van der Waals surface area contributed by atoms with Crippen LogP contribution in [-0.4, -0.2) is 39.2 Å². The van der Waals surface area contributed by atoms with Crippen molar-refractivity contribution in [3.8, 4) is 5.75 Å². The number of nitrogens with zero attached hydrogens (tertiary/aromatic N) is 2. The first-order chi connectivity index (χ1) is 13.0. The maximum absolute atomic E-state index is 12.5. The van der Waals surface area contributed by atoms with Gasteiger partial charge >= 0.3 is 0 Å². The zero-order valence-corrected chi connectivity index (χ0v) is 16.7. The van der Waals surface area contributed by atoms with Crippen molar-refractivity contribution in [1.29, 1.82) is 0 Å². The van der Waals surface area contributed by atoms with Gasteiger partial charge in [-0.1, -0.05) is 17.7 Å². The lowest BCUT2D eigenvalue weighted by atomic mass is 10.1. The smallest absolute Gasteiger partial charge is 0.271 e. The number of nitro benzene ring substituents is 1. The summed E-state index contributed by atoms with van der Waals surface area (Å²) in [5.74, 6) is -0.444. The van der Waals surface area contributed by atoms with Crippen molar-refractivity contribution in [2.45, 2.75) is 13.8 Å². The number of carbonyl (C=O) groups is 1. The summed E-state index contributed by atoms with van der Waals surface area (Å²) in [6, 6.07) is 8.95. The highest BCUT2D eigenvalue weighted by Crippen LogP contribution is 2.29. The van der Waals surface area contributed by atoms with Crippen molar-refractivity contribution in [1.82, 2.24) is 0 Å². The molecule has 9 nitrogen and oxygen atoms in total. The predicted octanol–water partition coefficient (Wildman–Crippen LogP) is 2.62. The molecule has 0 bridgehead atoms. The van der Waals surface area contributed by atoms with E-state index in [4.69, 9.17) is 4.74 Å². The Morgan fingerprint density at radius 2 is 1.89 bits per heavy atom. The maximum Gasteiger partial charge on any atom is 0.271 e. The topological polar surface area (TPSA) is 119 Å². The monoisotopic (exact) mass is 407 g/mol. The van der Waals surface area contributed by atoms with Gasteiger partial charge in [-0.3, -0.25) is 19.2 Å². The molecule has 2 rings (SSSR count). The summed E-state index contributed by atoms with van der Waals surface area (Å²) in [5.41, 5.74) is 1.89. The van der Waals surface area contributed by atoms with Crippen LogP contribution in [0.4, 0.5) is 17.1 Å². The highest BCUT2D eigenvalue weighted by molar-refractivity contribution is 7.92. The number of carbonyl (C=O) groups excluding carboxylic acids is 1. The Balaban J connectivity index is 2.33. The van der Waals surface area contributed by atoms with E-state index in [9.17, 15) is 23.3 Å². The number of benzene rings is 2. The summed E-state index contributed by atoms with van der Waals surface area (Å²) >= 11 is 0. The molecule has 1 N–H and O–H groups in total. The highest BCUT2D eigenvalue weighted by Gasteiger charge is 2.23. The summed E-state index contributed by atoms with van der Waals surface area (Å²) in [5, 5.41) is 13.4. The molecular formula is C18H21N3O6S. The second-order valence-corrected chi connectivity index (χ2v) is 8.16. The molecule has 0 aliphatic heterocycles. The van der Waals surface area contributed by atoms with Crippen LogP contribution in [0.5, 0.6) is 5.75 Å². The van der Waals surface area contributed by atoms with Crippen LogP contribution in [0.15, 0.2) is 36.4 Å². The minimum Gasteiger partial charge on any atom is -0.495 e. The first-order valence-corrected chi connectivity index (χ1v) is 10.0. The number of sulfonamides is 1. The molecule has 2 aromatic carbocycles. The minimum atomic E-state index is -3.74. The number of ether oxygens (including phenoxy) is 1. The van der Waals surface area contributed by atoms with Crippen LogP contribution in [0.25, 0.3) is 0 Å². The number of anilines is 2. The second kappa shape index (κ2) is 8.26. The number of amides is 1. The largest absolute Gasteiger partial charge is 0.495 e. The van der Waals surface area contributed by atoms with Gasteiger partial charge in [0.25, 0.3) is 5.69 Å². The normalized spacial score (nSPS) is 11.0. The van der Waals surface area contributed by atoms with Crippen LogP contribution in [0.2, 0.25) is 0 Å². The summed E-state index contributed by atoms with van der Waals surface area (Å²) in [6.45, 7) is 3.14. The number of non-ortho nitro benzene ring substituents is 1. The van der Waals surface area contributed by atoms with Crippen LogP contribution in [-0.2, 0) is 14.8 Å². The Hall–Kier alpha value is -3.14. The van der Waals surface area contributed by atoms with E-state index in [2.05, 4.69) is 5.32 Å². The Kier molecular flexibility index (Phi) is 6.24. The van der Waals surface area contributed by atoms with Crippen LogP contribution >= 0.6 is 0 Å². The molecule has 28 heavy (non-hydrogen) atoms. The fourth-order valence-corrected chi connectivity index (χ4v) is 3.61. The summed E-state index contributed by atoms with van der Waals surface area (Å²) in [7, 11) is -2.39. The third kappa shape index (κ3) is 4.97. The first kappa shape index (κ1) is 21.2. The molecule has 0 unspecified atom stereocenters. The minimum absolute atomic E-state index is 0.0794. The Bertz CT molecular complexity index is 1020. The molecule has 0 aliphatic rings. The second-order valence-electron chi connectivity index (χ2n) is 6.25. The number of rotatable bonds is 7. The molecular weight excluding hydrogens is 386 g/mol. The van der Waals surface area contributed by atoms with E-state index in [-0.39, 0.29) is 17.1 Å². The maximum atomic E-state index is 12.5. The van der Waals surface area contributed by atoms with Gasteiger partial charge in [-0.05, 0) is 31.5 Å². The summed E-state index contributed by atoms with van der Waals surface area (Å²) in [6.07, 6.45) is 1.01. The fourth-order valence-electron chi connectivity index (χ4n) is 2.69. The first-order valence-electron chi connectivity index (χ1n) is 8.20. The highest BCUT2D eigenvalue weighted by atomic mass is 32.2. The van der Waals surface area contributed by atoms with E-state index in [1.165, 1.54) is 19.2 Å².